The molecule has 0 radical (unpaired) electrons. The zero-order chi connectivity index (χ0) is 9.26. The van der Waals surface area contributed by atoms with E-state index in [-0.39, 0.29) is 0 Å². The van der Waals surface area contributed by atoms with E-state index in [2.05, 4.69) is 24.0 Å². The topological polar surface area (TPSA) is 29.3 Å². The van der Waals surface area contributed by atoms with E-state index in [1.807, 2.05) is 0 Å². The fourth-order valence-corrected chi connectivity index (χ4v) is 2.19. The van der Waals surface area contributed by atoms with Gasteiger partial charge in [-0.1, -0.05) is 12.2 Å². The SMILES string of the molecule is CC(CN)N1CCC2=CCCC=C21. The van der Waals surface area contributed by atoms with Crippen LogP contribution in [-0.4, -0.2) is 24.0 Å². The molecule has 2 rings (SSSR count). The first kappa shape index (κ1) is 8.82. The molecular weight excluding hydrogens is 160 g/mol. The van der Waals surface area contributed by atoms with Gasteiger partial charge >= 0.3 is 0 Å². The molecular formula is C11H18N2. The van der Waals surface area contributed by atoms with E-state index < -0.39 is 0 Å². The minimum absolute atomic E-state index is 0.496. The zero-order valence-corrected chi connectivity index (χ0v) is 8.29. The van der Waals surface area contributed by atoms with E-state index in [1.165, 1.54) is 25.0 Å². The molecule has 2 nitrogen and oxygen atoms in total. The first-order chi connectivity index (χ1) is 6.33. The van der Waals surface area contributed by atoms with Crippen LogP contribution in [0.2, 0.25) is 0 Å². The fraction of sp³-hybridized carbons (Fsp3) is 0.636. The Morgan fingerprint density at radius 3 is 3.00 bits per heavy atom. The van der Waals surface area contributed by atoms with Gasteiger partial charge in [0.15, 0.2) is 0 Å². The number of likely N-dealkylation sites (tertiary alicyclic amines) is 1. The molecule has 1 aliphatic heterocycles. The molecule has 1 aliphatic carbocycles. The van der Waals surface area contributed by atoms with Gasteiger partial charge in [-0.3, -0.25) is 0 Å². The molecule has 1 fully saturated rings. The Bertz CT molecular complexity index is 253. The molecule has 72 valence electrons. The Morgan fingerprint density at radius 2 is 2.23 bits per heavy atom. The third-order valence-corrected chi connectivity index (χ3v) is 3.03. The summed E-state index contributed by atoms with van der Waals surface area (Å²) in [6, 6.07) is 0.496. The molecule has 2 N–H and O–H groups in total. The monoisotopic (exact) mass is 178 g/mol. The van der Waals surface area contributed by atoms with Gasteiger partial charge in [0.25, 0.3) is 0 Å². The van der Waals surface area contributed by atoms with Crippen molar-refractivity contribution < 1.29 is 0 Å². The average molecular weight is 178 g/mol. The maximum atomic E-state index is 5.69. The quantitative estimate of drug-likeness (QED) is 0.696. The normalized spacial score (nSPS) is 23.7. The van der Waals surface area contributed by atoms with Crippen molar-refractivity contribution in [1.29, 1.82) is 0 Å². The van der Waals surface area contributed by atoms with Gasteiger partial charge in [-0.25, -0.2) is 0 Å². The van der Waals surface area contributed by atoms with Crippen molar-refractivity contribution >= 4 is 0 Å². The minimum atomic E-state index is 0.496. The van der Waals surface area contributed by atoms with Crippen LogP contribution in [0.1, 0.15) is 26.2 Å². The summed E-state index contributed by atoms with van der Waals surface area (Å²) in [5, 5.41) is 0. The predicted octanol–water partition coefficient (Wildman–Crippen LogP) is 1.64. The number of hydrogen-bond donors (Lipinski definition) is 1. The molecule has 1 saturated heterocycles. The van der Waals surface area contributed by atoms with Crippen LogP contribution >= 0.6 is 0 Å². The maximum absolute atomic E-state index is 5.69. The summed E-state index contributed by atoms with van der Waals surface area (Å²) >= 11 is 0. The van der Waals surface area contributed by atoms with E-state index in [1.54, 1.807) is 5.57 Å². The summed E-state index contributed by atoms with van der Waals surface area (Å²) in [7, 11) is 0. The maximum Gasteiger partial charge on any atom is 0.0384 e. The summed E-state index contributed by atoms with van der Waals surface area (Å²) in [5.41, 5.74) is 8.70. The first-order valence-electron chi connectivity index (χ1n) is 5.19. The first-order valence-corrected chi connectivity index (χ1v) is 5.19. The van der Waals surface area contributed by atoms with Crippen molar-refractivity contribution in [1.82, 2.24) is 4.90 Å². The number of hydrogen-bond acceptors (Lipinski definition) is 2. The van der Waals surface area contributed by atoms with Crippen LogP contribution < -0.4 is 5.73 Å². The molecule has 0 aromatic carbocycles. The summed E-state index contributed by atoms with van der Waals surface area (Å²) in [5.74, 6) is 0. The van der Waals surface area contributed by atoms with Gasteiger partial charge in [0.1, 0.15) is 0 Å². The number of fused-ring (bicyclic) bond motifs is 1. The van der Waals surface area contributed by atoms with Crippen LogP contribution in [0.25, 0.3) is 0 Å². The molecule has 1 unspecified atom stereocenters. The lowest BCUT2D eigenvalue weighted by atomic mass is 10.0. The van der Waals surface area contributed by atoms with Crippen LogP contribution in [0, 0.1) is 0 Å². The van der Waals surface area contributed by atoms with Crippen LogP contribution in [-0.2, 0) is 0 Å². The van der Waals surface area contributed by atoms with E-state index in [0.29, 0.717) is 6.04 Å². The smallest absolute Gasteiger partial charge is 0.0384 e. The van der Waals surface area contributed by atoms with Crippen molar-refractivity contribution in [2.24, 2.45) is 5.73 Å². The van der Waals surface area contributed by atoms with Crippen molar-refractivity contribution in [2.75, 3.05) is 13.1 Å². The van der Waals surface area contributed by atoms with E-state index in [4.69, 9.17) is 5.73 Å². The number of allylic oxidation sites excluding steroid dienone is 3. The van der Waals surface area contributed by atoms with E-state index in [0.717, 1.165) is 13.1 Å². The summed E-state index contributed by atoms with van der Waals surface area (Å²) < 4.78 is 0. The second kappa shape index (κ2) is 3.54. The fourth-order valence-electron chi connectivity index (χ4n) is 2.19. The molecule has 0 spiro atoms. The highest BCUT2D eigenvalue weighted by Crippen LogP contribution is 2.32. The van der Waals surface area contributed by atoms with Crippen molar-refractivity contribution in [2.45, 2.75) is 32.2 Å². The van der Waals surface area contributed by atoms with Gasteiger partial charge in [0, 0.05) is 24.8 Å². The molecule has 1 heterocycles. The van der Waals surface area contributed by atoms with Crippen molar-refractivity contribution in [3.8, 4) is 0 Å². The summed E-state index contributed by atoms with van der Waals surface area (Å²) in [6.45, 7) is 4.12. The van der Waals surface area contributed by atoms with Crippen LogP contribution in [0.5, 0.6) is 0 Å². The highest BCUT2D eigenvalue weighted by atomic mass is 15.2. The number of nitrogens with zero attached hydrogens (tertiary/aromatic N) is 1. The van der Waals surface area contributed by atoms with Gasteiger partial charge in [-0.05, 0) is 31.8 Å². The number of rotatable bonds is 2. The number of nitrogens with two attached hydrogens (primary N) is 1. The van der Waals surface area contributed by atoms with Gasteiger partial charge in [0.2, 0.25) is 0 Å². The molecule has 0 aromatic heterocycles. The third-order valence-electron chi connectivity index (χ3n) is 3.03. The third kappa shape index (κ3) is 1.51. The molecule has 0 aromatic rings. The zero-order valence-electron chi connectivity index (χ0n) is 8.29. The Balaban J connectivity index is 2.16. The highest BCUT2D eigenvalue weighted by Gasteiger charge is 2.25. The average Bonchev–Trinajstić information content (AvgIpc) is 2.60. The van der Waals surface area contributed by atoms with Gasteiger partial charge in [-0.2, -0.15) is 0 Å². The minimum Gasteiger partial charge on any atom is -0.367 e. The summed E-state index contributed by atoms with van der Waals surface area (Å²) in [6.07, 6.45) is 8.40. The lowest BCUT2D eigenvalue weighted by Gasteiger charge is -2.27. The Kier molecular flexibility index (Phi) is 2.40. The molecule has 0 saturated carbocycles. The standard InChI is InChI=1S/C11H18N2/c1-9(8-12)13-7-6-10-4-2-3-5-11(10)13/h4-5,9H,2-3,6-8,12H2,1H3. The Hall–Kier alpha value is -0.760. The van der Waals surface area contributed by atoms with Crippen LogP contribution in [0.3, 0.4) is 0 Å². The van der Waals surface area contributed by atoms with Crippen molar-refractivity contribution in [3.63, 3.8) is 0 Å². The molecule has 2 heteroatoms. The lowest BCUT2D eigenvalue weighted by molar-refractivity contribution is 0.310. The van der Waals surface area contributed by atoms with Crippen LogP contribution in [0.4, 0.5) is 0 Å². The molecule has 0 amide bonds. The molecule has 0 bridgehead atoms. The van der Waals surface area contributed by atoms with Gasteiger partial charge in [-0.15, -0.1) is 0 Å². The van der Waals surface area contributed by atoms with Crippen LogP contribution in [0.15, 0.2) is 23.4 Å². The molecule has 2 aliphatic rings. The largest absolute Gasteiger partial charge is 0.367 e. The van der Waals surface area contributed by atoms with Crippen molar-refractivity contribution in [3.05, 3.63) is 23.4 Å². The second-order valence-electron chi connectivity index (χ2n) is 3.92. The van der Waals surface area contributed by atoms with E-state index in [9.17, 15) is 0 Å². The Labute approximate surface area is 80.1 Å². The van der Waals surface area contributed by atoms with E-state index >= 15 is 0 Å². The highest BCUT2D eigenvalue weighted by molar-refractivity contribution is 5.37. The summed E-state index contributed by atoms with van der Waals surface area (Å²) in [4.78, 5) is 2.45. The molecule has 13 heavy (non-hydrogen) atoms. The predicted molar refractivity (Wildman–Crippen MR) is 55.2 cm³/mol. The molecule has 1 atom stereocenters. The van der Waals surface area contributed by atoms with Gasteiger partial charge in [0.05, 0.1) is 0 Å². The lowest BCUT2D eigenvalue weighted by Crippen LogP contribution is -2.35. The second-order valence-corrected chi connectivity index (χ2v) is 3.92. The van der Waals surface area contributed by atoms with Gasteiger partial charge < -0.3 is 10.6 Å². The Morgan fingerprint density at radius 1 is 1.46 bits per heavy atom.